The first-order chi connectivity index (χ1) is 8.66. The van der Waals surface area contributed by atoms with Gasteiger partial charge in [-0.2, -0.15) is 0 Å². The number of aromatic carboxylic acids is 1. The number of aromatic nitrogens is 3. The molecule has 0 bridgehead atoms. The number of fused-ring (bicyclic) bond motifs is 1. The number of rotatable bonds is 2. The Bertz CT molecular complexity index is 747. The Morgan fingerprint density at radius 3 is 2.83 bits per heavy atom. The van der Waals surface area contributed by atoms with E-state index in [2.05, 4.69) is 26.1 Å². The molecule has 0 atom stereocenters. The van der Waals surface area contributed by atoms with Gasteiger partial charge in [-0.1, -0.05) is 0 Å². The second-order valence-corrected chi connectivity index (χ2v) is 4.33. The average Bonchev–Trinajstić information content (AvgIpc) is 2.93. The van der Waals surface area contributed by atoms with Crippen LogP contribution in [0.2, 0.25) is 0 Å². The van der Waals surface area contributed by atoms with Gasteiger partial charge in [0.15, 0.2) is 16.1 Å². The van der Waals surface area contributed by atoms with Crippen molar-refractivity contribution >= 4 is 27.5 Å². The molecule has 3 aromatic heterocycles. The number of nitrogens with zero attached hydrogens (tertiary/aromatic N) is 3. The molecular weight excluding hydrogens is 302 g/mol. The highest BCUT2D eigenvalue weighted by Gasteiger charge is 2.16. The number of carboxylic acid groups (broad SMARTS) is 1. The van der Waals surface area contributed by atoms with Crippen LogP contribution in [0.5, 0.6) is 0 Å². The molecule has 0 saturated carbocycles. The SMILES string of the molecule is O=C(O)c1cccn2c(-c3ccc(Br)o3)nnc12. The van der Waals surface area contributed by atoms with E-state index < -0.39 is 5.97 Å². The molecule has 0 aromatic carbocycles. The number of halogens is 1. The summed E-state index contributed by atoms with van der Waals surface area (Å²) in [4.78, 5) is 11.1. The van der Waals surface area contributed by atoms with Crippen molar-refractivity contribution in [2.45, 2.75) is 0 Å². The zero-order valence-electron chi connectivity index (χ0n) is 8.87. The van der Waals surface area contributed by atoms with E-state index in [0.717, 1.165) is 0 Å². The van der Waals surface area contributed by atoms with Gasteiger partial charge >= 0.3 is 5.97 Å². The van der Waals surface area contributed by atoms with E-state index in [-0.39, 0.29) is 11.2 Å². The van der Waals surface area contributed by atoms with Crippen molar-refractivity contribution in [3.05, 3.63) is 40.7 Å². The highest BCUT2D eigenvalue weighted by atomic mass is 79.9. The molecule has 0 fully saturated rings. The summed E-state index contributed by atoms with van der Waals surface area (Å²) in [6, 6.07) is 6.57. The third-order valence-corrected chi connectivity index (χ3v) is 2.88. The molecule has 0 saturated heterocycles. The van der Waals surface area contributed by atoms with Crippen molar-refractivity contribution < 1.29 is 14.3 Å². The number of furan rings is 1. The fraction of sp³-hybridized carbons (Fsp3) is 0. The Morgan fingerprint density at radius 2 is 2.17 bits per heavy atom. The van der Waals surface area contributed by atoms with Gasteiger partial charge in [0.05, 0.1) is 0 Å². The normalized spacial score (nSPS) is 10.9. The monoisotopic (exact) mass is 307 g/mol. The van der Waals surface area contributed by atoms with Crippen LogP contribution in [-0.2, 0) is 0 Å². The molecule has 90 valence electrons. The van der Waals surface area contributed by atoms with Crippen LogP contribution in [0, 0.1) is 0 Å². The van der Waals surface area contributed by atoms with Crippen molar-refractivity contribution in [2.75, 3.05) is 0 Å². The molecule has 3 heterocycles. The van der Waals surface area contributed by atoms with Gasteiger partial charge in [0, 0.05) is 6.20 Å². The van der Waals surface area contributed by atoms with Crippen LogP contribution in [0.25, 0.3) is 17.2 Å². The number of pyridine rings is 1. The average molecular weight is 308 g/mol. The molecule has 6 nitrogen and oxygen atoms in total. The van der Waals surface area contributed by atoms with Gasteiger partial charge in [0.25, 0.3) is 0 Å². The molecule has 0 radical (unpaired) electrons. The minimum Gasteiger partial charge on any atom is -0.478 e. The topological polar surface area (TPSA) is 80.6 Å². The predicted molar refractivity (Wildman–Crippen MR) is 65.3 cm³/mol. The van der Waals surface area contributed by atoms with Crippen molar-refractivity contribution in [2.24, 2.45) is 0 Å². The molecule has 0 amide bonds. The summed E-state index contributed by atoms with van der Waals surface area (Å²) in [6.45, 7) is 0. The molecule has 7 heteroatoms. The summed E-state index contributed by atoms with van der Waals surface area (Å²) in [5.74, 6) is -0.0733. The van der Waals surface area contributed by atoms with Crippen LogP contribution in [0.1, 0.15) is 10.4 Å². The Balaban J connectivity index is 2.27. The fourth-order valence-corrected chi connectivity index (χ4v) is 1.99. The second-order valence-electron chi connectivity index (χ2n) is 3.55. The van der Waals surface area contributed by atoms with Gasteiger partial charge in [0.2, 0.25) is 5.82 Å². The van der Waals surface area contributed by atoms with Crippen molar-refractivity contribution in [1.29, 1.82) is 0 Å². The Hall–Kier alpha value is -2.15. The van der Waals surface area contributed by atoms with Crippen molar-refractivity contribution in [3.63, 3.8) is 0 Å². The Labute approximate surface area is 109 Å². The zero-order valence-corrected chi connectivity index (χ0v) is 10.5. The van der Waals surface area contributed by atoms with Crippen molar-refractivity contribution in [3.8, 4) is 11.6 Å². The number of hydrogen-bond donors (Lipinski definition) is 1. The van der Waals surface area contributed by atoms with E-state index in [0.29, 0.717) is 16.3 Å². The predicted octanol–water partition coefficient (Wildman–Crippen LogP) is 2.45. The summed E-state index contributed by atoms with van der Waals surface area (Å²) < 4.78 is 7.53. The van der Waals surface area contributed by atoms with Gasteiger partial charge in [-0.15, -0.1) is 10.2 Å². The lowest BCUT2D eigenvalue weighted by molar-refractivity contribution is 0.0698. The Kier molecular flexibility index (Phi) is 2.41. The van der Waals surface area contributed by atoms with Crippen LogP contribution in [-0.4, -0.2) is 25.7 Å². The van der Waals surface area contributed by atoms with E-state index >= 15 is 0 Å². The van der Waals surface area contributed by atoms with E-state index in [1.165, 1.54) is 6.07 Å². The minimum atomic E-state index is -1.04. The smallest absolute Gasteiger partial charge is 0.339 e. The highest BCUT2D eigenvalue weighted by molar-refractivity contribution is 9.10. The lowest BCUT2D eigenvalue weighted by atomic mass is 10.2. The molecule has 3 rings (SSSR count). The van der Waals surface area contributed by atoms with Gasteiger partial charge in [-0.25, -0.2) is 4.79 Å². The summed E-state index contributed by atoms with van der Waals surface area (Å²) >= 11 is 3.20. The number of carbonyl (C=O) groups is 1. The molecule has 3 aromatic rings. The summed E-state index contributed by atoms with van der Waals surface area (Å²) in [5.41, 5.74) is 0.384. The van der Waals surface area contributed by atoms with Gasteiger partial charge < -0.3 is 9.52 Å². The first kappa shape index (κ1) is 11.0. The van der Waals surface area contributed by atoms with Crippen LogP contribution in [0.4, 0.5) is 0 Å². The standard InChI is InChI=1S/C11H6BrN3O3/c12-8-4-3-7(18-8)10-14-13-9-6(11(16)17)2-1-5-15(9)10/h1-5H,(H,16,17). The summed E-state index contributed by atoms with van der Waals surface area (Å²) in [7, 11) is 0. The van der Waals surface area contributed by atoms with Gasteiger partial charge in [-0.3, -0.25) is 4.40 Å². The minimum absolute atomic E-state index is 0.0990. The maximum Gasteiger partial charge on any atom is 0.339 e. The van der Waals surface area contributed by atoms with E-state index in [1.54, 1.807) is 28.8 Å². The first-order valence-electron chi connectivity index (χ1n) is 4.99. The van der Waals surface area contributed by atoms with E-state index in [1.807, 2.05) is 0 Å². The van der Waals surface area contributed by atoms with E-state index in [4.69, 9.17) is 9.52 Å². The largest absolute Gasteiger partial charge is 0.478 e. The summed E-state index contributed by atoms with van der Waals surface area (Å²) in [6.07, 6.45) is 1.69. The molecule has 0 aliphatic rings. The van der Waals surface area contributed by atoms with E-state index in [9.17, 15) is 4.79 Å². The van der Waals surface area contributed by atoms with Gasteiger partial charge in [-0.05, 0) is 40.2 Å². The molecule has 0 aliphatic heterocycles. The van der Waals surface area contributed by atoms with Crippen LogP contribution < -0.4 is 0 Å². The highest BCUT2D eigenvalue weighted by Crippen LogP contribution is 2.24. The molecule has 1 N–H and O–H groups in total. The van der Waals surface area contributed by atoms with Crippen molar-refractivity contribution in [1.82, 2.24) is 14.6 Å². The molecule has 0 unspecified atom stereocenters. The number of hydrogen-bond acceptors (Lipinski definition) is 4. The lowest BCUT2D eigenvalue weighted by Gasteiger charge is -1.98. The lowest BCUT2D eigenvalue weighted by Crippen LogP contribution is -2.00. The molecular formula is C11H6BrN3O3. The number of carboxylic acids is 1. The van der Waals surface area contributed by atoms with Crippen LogP contribution in [0.15, 0.2) is 39.5 Å². The fourth-order valence-electron chi connectivity index (χ4n) is 1.69. The molecule has 0 spiro atoms. The second kappa shape index (κ2) is 3.95. The Morgan fingerprint density at radius 1 is 1.33 bits per heavy atom. The molecule has 18 heavy (non-hydrogen) atoms. The first-order valence-corrected chi connectivity index (χ1v) is 5.79. The maximum atomic E-state index is 11.1. The van der Waals surface area contributed by atoms with Crippen LogP contribution >= 0.6 is 15.9 Å². The third-order valence-electron chi connectivity index (χ3n) is 2.46. The third kappa shape index (κ3) is 1.60. The molecule has 0 aliphatic carbocycles. The maximum absolute atomic E-state index is 11.1. The quantitative estimate of drug-likeness (QED) is 0.786. The van der Waals surface area contributed by atoms with Gasteiger partial charge in [0.1, 0.15) is 5.56 Å². The summed E-state index contributed by atoms with van der Waals surface area (Å²) in [5, 5.41) is 16.9. The zero-order chi connectivity index (χ0) is 12.7. The van der Waals surface area contributed by atoms with Crippen LogP contribution in [0.3, 0.4) is 0 Å².